The number of pyridine rings is 2. The molecule has 0 bridgehead atoms. The highest BCUT2D eigenvalue weighted by Gasteiger charge is 2.40. The van der Waals surface area contributed by atoms with Gasteiger partial charge in [0.05, 0.1) is 11.4 Å². The standard InChI is InChI=1S/C51H36.C48H33N.C44H31N/c1-51(2)46-17-8-7-13-38(46)44-30-37(24-27-47(44)51)49-40-14-5-6-15-41(40)50(42-25-22-33-20-19-32-12-9-16-39(42)48(32)33)43-26-23-36(29-45(43)49)35-21-18-31-10-3-4-11-34(31)28-35;1-48(2)43-18-10-9-15-37(43)41-29-35(22-24-44(41)48)45-38-16-7-8-17-39(38)46(47-36-14-6-5-12-31(36)25-26-49-47)40-23-21-34(28-42(40)45)33-20-19-30-11-3-4-13-32(30)27-33;1-44(2)39-16-8-7-13-33(39)37-27-32(21-23-40(37)44)42-34-14-5-6-15-35(34)43(41-17-9-10-24-45-41)36-22-20-31(26-38(36)42)30-19-18-28-11-3-4-12-29(28)25-30/h3-18,21-30H,19-20H2,1-2H3;3-29H,1-2H3;3-27H,1-2H3. The summed E-state index contributed by atoms with van der Waals surface area (Å²) in [5.41, 5.74) is 41.3. The first-order valence-corrected chi connectivity index (χ1v) is 51.2. The zero-order valence-electron chi connectivity index (χ0n) is 81.8. The highest BCUT2D eigenvalue weighted by Crippen LogP contribution is 2.58. The molecule has 2 heterocycles. The lowest BCUT2D eigenvalue weighted by Crippen LogP contribution is -2.14. The SMILES string of the molecule is CC1(C)c2ccccc2-c2cc(-c3c4ccccc4c(-c4ccc5c6c(cccc46)CC5)c4ccc(-c5ccc6ccccc6c5)cc34)ccc21.CC1(C)c2ccccc2-c2cc(-c3c4ccccc4c(-c4ccccn4)c4ccc(-c5ccc6ccccc6c5)cc34)ccc21.CC1(C)c2ccccc2-c2cc(-c3c4ccccc4c(-c4nccc5ccccc45)c4ccc(-c5ccc6ccccc6c5)cc34)ccc21. The maximum Gasteiger partial charge on any atom is 0.0792 e. The van der Waals surface area contributed by atoms with E-state index in [-0.39, 0.29) is 16.2 Å². The molecule has 0 fully saturated rings. The van der Waals surface area contributed by atoms with E-state index in [1.807, 2.05) is 18.5 Å². The summed E-state index contributed by atoms with van der Waals surface area (Å²) in [4.78, 5) is 9.94. The van der Waals surface area contributed by atoms with Crippen LogP contribution >= 0.6 is 0 Å². The molecule has 0 atom stereocenters. The van der Waals surface area contributed by atoms with Crippen molar-refractivity contribution in [3.8, 4) is 134 Å². The Balaban J connectivity index is 0.000000106. The van der Waals surface area contributed by atoms with Crippen molar-refractivity contribution in [2.75, 3.05) is 0 Å². The van der Waals surface area contributed by atoms with Crippen molar-refractivity contribution in [1.29, 1.82) is 0 Å². The van der Waals surface area contributed by atoms with Crippen LogP contribution in [-0.4, -0.2) is 9.97 Å². The van der Waals surface area contributed by atoms with Crippen molar-refractivity contribution in [3.05, 3.63) is 518 Å². The van der Waals surface area contributed by atoms with Gasteiger partial charge in [0.15, 0.2) is 0 Å². The van der Waals surface area contributed by atoms with Gasteiger partial charge in [-0.2, -0.15) is 0 Å². The summed E-state index contributed by atoms with van der Waals surface area (Å²) in [5.74, 6) is 0. The van der Waals surface area contributed by atoms with Crippen LogP contribution in [0.1, 0.15) is 86.1 Å². The van der Waals surface area contributed by atoms with Gasteiger partial charge in [-0.25, -0.2) is 0 Å². The van der Waals surface area contributed by atoms with E-state index in [9.17, 15) is 0 Å². The Hall–Kier alpha value is -17.6. The van der Waals surface area contributed by atoms with Crippen molar-refractivity contribution in [3.63, 3.8) is 0 Å². The number of nitrogens with zero attached hydrogens (tertiary/aromatic N) is 2. The van der Waals surface area contributed by atoms with Gasteiger partial charge >= 0.3 is 0 Å². The zero-order chi connectivity index (χ0) is 96.7. The minimum absolute atomic E-state index is 0.0271. The minimum Gasteiger partial charge on any atom is -0.256 e. The fraction of sp³-hybridized carbons (Fsp3) is 0.0769. The molecule has 0 aliphatic heterocycles. The molecule has 145 heavy (non-hydrogen) atoms. The molecule has 30 rings (SSSR count). The second kappa shape index (κ2) is 33.3. The Morgan fingerprint density at radius 3 is 0.917 bits per heavy atom. The first-order chi connectivity index (χ1) is 71.2. The lowest BCUT2D eigenvalue weighted by Gasteiger charge is -2.22. The second-order valence-corrected chi connectivity index (χ2v) is 41.9. The van der Waals surface area contributed by atoms with Crippen molar-refractivity contribution >= 4 is 118 Å². The number of aryl methyl sites for hydroxylation is 2. The number of fused-ring (bicyclic) bond motifs is 19. The number of rotatable bonds is 9. The van der Waals surface area contributed by atoms with Crippen LogP contribution < -0.4 is 0 Å². The highest BCUT2D eigenvalue weighted by atomic mass is 14.7. The topological polar surface area (TPSA) is 25.8 Å². The Kier molecular flexibility index (Phi) is 19.6. The van der Waals surface area contributed by atoms with Crippen LogP contribution in [0.5, 0.6) is 0 Å². The molecule has 682 valence electrons. The van der Waals surface area contributed by atoms with Crippen LogP contribution in [-0.2, 0) is 29.1 Å². The van der Waals surface area contributed by atoms with Crippen molar-refractivity contribution in [2.45, 2.75) is 70.6 Å². The normalized spacial score (nSPS) is 13.6. The molecule has 26 aromatic rings. The largest absolute Gasteiger partial charge is 0.256 e. The molecule has 0 amide bonds. The van der Waals surface area contributed by atoms with Gasteiger partial charge in [-0.3, -0.25) is 9.97 Å². The molecule has 2 nitrogen and oxygen atoms in total. The Morgan fingerprint density at radius 2 is 0.483 bits per heavy atom. The van der Waals surface area contributed by atoms with Gasteiger partial charge in [0, 0.05) is 45.2 Å². The van der Waals surface area contributed by atoms with E-state index in [4.69, 9.17) is 9.97 Å². The molecule has 24 aromatic carbocycles. The molecule has 2 aromatic heterocycles. The van der Waals surface area contributed by atoms with Crippen LogP contribution in [0.3, 0.4) is 0 Å². The molecule has 0 spiro atoms. The number of benzene rings is 24. The Bertz CT molecular complexity index is 9980. The summed E-state index contributed by atoms with van der Waals surface area (Å²) in [6.07, 6.45) is 6.11. The van der Waals surface area contributed by atoms with Crippen LogP contribution in [0.4, 0.5) is 0 Å². The molecule has 4 aliphatic carbocycles. The van der Waals surface area contributed by atoms with E-state index in [0.29, 0.717) is 0 Å². The summed E-state index contributed by atoms with van der Waals surface area (Å²) in [7, 11) is 0. The van der Waals surface area contributed by atoms with Crippen molar-refractivity contribution in [1.82, 2.24) is 9.97 Å². The van der Waals surface area contributed by atoms with Gasteiger partial charge in [0.2, 0.25) is 0 Å². The first-order valence-electron chi connectivity index (χ1n) is 51.2. The zero-order valence-corrected chi connectivity index (χ0v) is 81.8. The summed E-state index contributed by atoms with van der Waals surface area (Å²) in [5, 5.41) is 27.8. The van der Waals surface area contributed by atoms with E-state index < -0.39 is 0 Å². The second-order valence-electron chi connectivity index (χ2n) is 41.9. The fourth-order valence-electron chi connectivity index (χ4n) is 25.9. The maximum absolute atomic E-state index is 5.08. The third-order valence-corrected chi connectivity index (χ3v) is 32.9. The molecule has 0 N–H and O–H groups in total. The molecule has 2 heteroatoms. The van der Waals surface area contributed by atoms with Crippen LogP contribution in [0, 0.1) is 0 Å². The van der Waals surface area contributed by atoms with E-state index in [2.05, 4.69) is 497 Å². The Morgan fingerprint density at radius 1 is 0.166 bits per heavy atom. The smallest absolute Gasteiger partial charge is 0.0792 e. The Labute approximate surface area is 844 Å². The molecule has 0 saturated carbocycles. The molecular weight excluding hydrogens is 1750 g/mol. The first kappa shape index (κ1) is 85.4. The van der Waals surface area contributed by atoms with Gasteiger partial charge < -0.3 is 0 Å². The fourth-order valence-corrected chi connectivity index (χ4v) is 25.9. The minimum atomic E-state index is -0.0399. The third kappa shape index (κ3) is 13.6. The monoisotopic (exact) mass is 1840 g/mol. The number of hydrogen-bond donors (Lipinski definition) is 0. The predicted octanol–water partition coefficient (Wildman–Crippen LogP) is 38.6. The summed E-state index contributed by atoms with van der Waals surface area (Å²) in [6.45, 7) is 14.1. The van der Waals surface area contributed by atoms with E-state index in [1.165, 1.54) is 285 Å². The summed E-state index contributed by atoms with van der Waals surface area (Å²) in [6, 6.07) is 172. The van der Waals surface area contributed by atoms with Crippen LogP contribution in [0.25, 0.3) is 252 Å². The predicted molar refractivity (Wildman–Crippen MR) is 617 cm³/mol. The van der Waals surface area contributed by atoms with Crippen molar-refractivity contribution < 1.29 is 0 Å². The van der Waals surface area contributed by atoms with E-state index in [1.54, 1.807) is 0 Å². The van der Waals surface area contributed by atoms with Gasteiger partial charge in [-0.05, 0) is 355 Å². The molecule has 0 unspecified atom stereocenters. The summed E-state index contributed by atoms with van der Waals surface area (Å²) >= 11 is 0. The highest BCUT2D eigenvalue weighted by molar-refractivity contribution is 6.27. The van der Waals surface area contributed by atoms with Crippen LogP contribution in [0.2, 0.25) is 0 Å². The lowest BCUT2D eigenvalue weighted by atomic mass is 9.81. The maximum atomic E-state index is 5.08. The van der Waals surface area contributed by atoms with Crippen LogP contribution in [0.15, 0.2) is 473 Å². The van der Waals surface area contributed by atoms with Gasteiger partial charge in [-0.15, -0.1) is 0 Å². The molecular formula is C143H100N2. The average Bonchev–Trinajstić information content (AvgIpc) is 0.791. The van der Waals surface area contributed by atoms with Gasteiger partial charge in [0.1, 0.15) is 0 Å². The molecule has 4 aliphatic rings. The lowest BCUT2D eigenvalue weighted by molar-refractivity contribution is 0.660. The number of hydrogen-bond acceptors (Lipinski definition) is 2. The molecule has 0 radical (unpaired) electrons. The number of aromatic nitrogens is 2. The summed E-state index contributed by atoms with van der Waals surface area (Å²) < 4.78 is 0. The average molecular weight is 1850 g/mol. The van der Waals surface area contributed by atoms with E-state index in [0.717, 1.165) is 24.2 Å². The van der Waals surface area contributed by atoms with Gasteiger partial charge in [0.25, 0.3) is 0 Å². The van der Waals surface area contributed by atoms with Gasteiger partial charge in [-0.1, -0.05) is 430 Å². The quantitative estimate of drug-likeness (QED) is 0.135. The molecule has 0 saturated heterocycles. The van der Waals surface area contributed by atoms with E-state index >= 15 is 0 Å². The van der Waals surface area contributed by atoms with Crippen molar-refractivity contribution in [2.24, 2.45) is 0 Å². The third-order valence-electron chi connectivity index (χ3n) is 32.9.